The number of hydrogen-bond donors (Lipinski definition) is 1. The zero-order valence-electron chi connectivity index (χ0n) is 14.4. The van der Waals surface area contributed by atoms with Crippen LogP contribution in [0.1, 0.15) is 25.7 Å². The van der Waals surface area contributed by atoms with Gasteiger partial charge in [-0.05, 0) is 50.1 Å². The number of nitrogens with one attached hydrogen (secondary N) is 1. The molecule has 1 unspecified atom stereocenters. The van der Waals surface area contributed by atoms with Crippen LogP contribution in [0.15, 0.2) is 54.6 Å². The highest BCUT2D eigenvalue weighted by molar-refractivity contribution is 7.93. The molecule has 1 N–H and O–H groups in total. The summed E-state index contributed by atoms with van der Waals surface area (Å²) in [4.78, 5) is 0. The molecule has 0 bridgehead atoms. The van der Waals surface area contributed by atoms with Crippen molar-refractivity contribution >= 4 is 33.8 Å². The molecule has 1 atom stereocenters. The summed E-state index contributed by atoms with van der Waals surface area (Å²) in [5, 5.41) is 3.42. The van der Waals surface area contributed by atoms with Crippen molar-refractivity contribution in [2.45, 2.75) is 37.2 Å². The van der Waals surface area contributed by atoms with Gasteiger partial charge in [0.05, 0.1) is 11.4 Å². The molecule has 2 aromatic rings. The maximum absolute atomic E-state index is 13.2. The van der Waals surface area contributed by atoms with E-state index in [0.717, 1.165) is 13.0 Å². The lowest BCUT2D eigenvalue weighted by atomic mass is 10.2. The van der Waals surface area contributed by atoms with Crippen molar-refractivity contribution in [2.75, 3.05) is 10.8 Å². The molecule has 1 aliphatic carbocycles. The van der Waals surface area contributed by atoms with Gasteiger partial charge >= 0.3 is 0 Å². The van der Waals surface area contributed by atoms with E-state index < -0.39 is 15.5 Å². The minimum Gasteiger partial charge on any atom is -0.470 e. The smallest absolute Gasteiger partial charge is 0.277 e. The first-order valence-corrected chi connectivity index (χ1v) is 10.2. The third kappa shape index (κ3) is 3.82. The lowest BCUT2D eigenvalue weighted by Gasteiger charge is -2.35. The van der Waals surface area contributed by atoms with E-state index in [9.17, 15) is 8.42 Å². The van der Waals surface area contributed by atoms with E-state index in [1.54, 1.807) is 6.07 Å². The molecule has 0 saturated heterocycles. The number of halogens is 1. The zero-order valence-corrected chi connectivity index (χ0v) is 16.0. The minimum absolute atomic E-state index is 0. The van der Waals surface area contributed by atoms with Crippen molar-refractivity contribution in [1.82, 2.24) is 5.32 Å². The Labute approximate surface area is 160 Å². The van der Waals surface area contributed by atoms with Crippen LogP contribution in [0.5, 0.6) is 5.75 Å². The second-order valence-corrected chi connectivity index (χ2v) is 8.45. The topological polar surface area (TPSA) is 58.6 Å². The fourth-order valence-electron chi connectivity index (χ4n) is 3.10. The van der Waals surface area contributed by atoms with Crippen LogP contribution in [0.4, 0.5) is 11.4 Å². The van der Waals surface area contributed by atoms with E-state index in [0.29, 0.717) is 29.6 Å². The number of rotatable bonds is 6. The maximum Gasteiger partial charge on any atom is 0.277 e. The van der Waals surface area contributed by atoms with Gasteiger partial charge in [0.1, 0.15) is 5.75 Å². The summed E-state index contributed by atoms with van der Waals surface area (Å²) in [7, 11) is -3.63. The Bertz CT molecular complexity index is 841. The molecule has 0 amide bonds. The summed E-state index contributed by atoms with van der Waals surface area (Å²) in [6.07, 6.45) is 3.70. The molecule has 1 aliphatic heterocycles. The monoisotopic (exact) mass is 394 g/mol. The highest BCUT2D eigenvalue weighted by Gasteiger charge is 2.40. The molecule has 0 aromatic heterocycles. The number of para-hydroxylation sites is 3. The first-order valence-electron chi connectivity index (χ1n) is 8.74. The van der Waals surface area contributed by atoms with Crippen LogP contribution in [0, 0.1) is 0 Å². The van der Waals surface area contributed by atoms with Gasteiger partial charge in [0.25, 0.3) is 10.0 Å². The van der Waals surface area contributed by atoms with Crippen molar-refractivity contribution in [3.05, 3.63) is 54.6 Å². The van der Waals surface area contributed by atoms with E-state index in [4.69, 9.17) is 4.74 Å². The second-order valence-electron chi connectivity index (χ2n) is 6.53. The fraction of sp³-hybridized carbons (Fsp3) is 0.368. The van der Waals surface area contributed by atoms with E-state index >= 15 is 0 Å². The van der Waals surface area contributed by atoms with Gasteiger partial charge in [-0.2, -0.15) is 0 Å². The molecule has 1 heterocycles. The number of fused-ring (bicyclic) bond motifs is 1. The summed E-state index contributed by atoms with van der Waals surface area (Å²) in [5.41, 5.74) is 0.351. The van der Waals surface area contributed by atoms with E-state index in [1.165, 1.54) is 17.1 Å². The Kier molecular flexibility index (Phi) is 5.75. The van der Waals surface area contributed by atoms with Crippen LogP contribution < -0.4 is 14.4 Å². The van der Waals surface area contributed by atoms with E-state index in [-0.39, 0.29) is 12.4 Å². The lowest BCUT2D eigenvalue weighted by Crippen LogP contribution is -2.43. The van der Waals surface area contributed by atoms with Crippen LogP contribution >= 0.6 is 12.4 Å². The number of ether oxygens (including phenoxy) is 1. The number of sulfonamides is 1. The SMILES string of the molecule is Cl.O=S1(=O)C(CCCNC2CC2)Oc2ccccc2N1c1ccccc1. The van der Waals surface area contributed by atoms with Gasteiger partial charge in [0.2, 0.25) is 5.44 Å². The molecule has 26 heavy (non-hydrogen) atoms. The highest BCUT2D eigenvalue weighted by Crippen LogP contribution is 2.42. The van der Waals surface area contributed by atoms with Crippen LogP contribution in [-0.4, -0.2) is 26.4 Å². The summed E-state index contributed by atoms with van der Waals surface area (Å²) < 4.78 is 33.7. The summed E-state index contributed by atoms with van der Waals surface area (Å²) in [6, 6.07) is 17.1. The average Bonchev–Trinajstić information content (AvgIpc) is 3.43. The van der Waals surface area contributed by atoms with Crippen LogP contribution in [0.25, 0.3) is 0 Å². The first kappa shape index (κ1) is 19.0. The maximum atomic E-state index is 13.2. The van der Waals surface area contributed by atoms with Crippen LogP contribution in [0.3, 0.4) is 0 Å². The average molecular weight is 395 g/mol. The van der Waals surface area contributed by atoms with Crippen molar-refractivity contribution in [1.29, 1.82) is 0 Å². The first-order chi connectivity index (χ1) is 12.2. The van der Waals surface area contributed by atoms with E-state index in [1.807, 2.05) is 48.5 Å². The molecule has 2 aromatic carbocycles. The minimum atomic E-state index is -3.63. The fourth-order valence-corrected chi connectivity index (χ4v) is 4.87. The zero-order chi connectivity index (χ0) is 17.3. The van der Waals surface area contributed by atoms with Crippen molar-refractivity contribution in [3.63, 3.8) is 0 Å². The molecular weight excluding hydrogens is 372 g/mol. The molecule has 140 valence electrons. The predicted molar refractivity (Wildman–Crippen MR) is 106 cm³/mol. The summed E-state index contributed by atoms with van der Waals surface area (Å²) >= 11 is 0. The number of anilines is 2. The quantitative estimate of drug-likeness (QED) is 0.756. The Morgan fingerprint density at radius 3 is 2.46 bits per heavy atom. The number of benzene rings is 2. The van der Waals surface area contributed by atoms with Gasteiger partial charge in [-0.1, -0.05) is 30.3 Å². The summed E-state index contributed by atoms with van der Waals surface area (Å²) in [6.45, 7) is 0.826. The standard InChI is InChI=1S/C19H22N2O3S.ClH/c22-25(23)19(11-6-14-20-15-12-13-15)24-18-10-5-4-9-17(18)21(25)16-7-2-1-3-8-16;/h1-5,7-10,15,19-20H,6,11-14H2;1H. The molecule has 5 nitrogen and oxygen atoms in total. The third-order valence-corrected chi connectivity index (χ3v) is 6.46. The molecule has 1 saturated carbocycles. The van der Waals surface area contributed by atoms with Crippen LogP contribution in [-0.2, 0) is 10.0 Å². The van der Waals surface area contributed by atoms with Gasteiger partial charge in [0.15, 0.2) is 0 Å². The number of hydrogen-bond acceptors (Lipinski definition) is 4. The Morgan fingerprint density at radius 2 is 1.73 bits per heavy atom. The van der Waals surface area contributed by atoms with Crippen LogP contribution in [0.2, 0.25) is 0 Å². The van der Waals surface area contributed by atoms with E-state index in [2.05, 4.69) is 5.32 Å². The Morgan fingerprint density at radius 1 is 1.04 bits per heavy atom. The third-order valence-electron chi connectivity index (χ3n) is 4.55. The van der Waals surface area contributed by atoms with Gasteiger partial charge in [0, 0.05) is 12.5 Å². The van der Waals surface area contributed by atoms with Gasteiger partial charge in [-0.3, -0.25) is 0 Å². The normalized spacial score (nSPS) is 20.6. The molecule has 2 aliphatic rings. The molecule has 7 heteroatoms. The van der Waals surface area contributed by atoms with Crippen molar-refractivity contribution < 1.29 is 13.2 Å². The Balaban J connectivity index is 0.00000196. The molecule has 0 spiro atoms. The van der Waals surface area contributed by atoms with Gasteiger partial charge in [-0.15, -0.1) is 12.4 Å². The lowest BCUT2D eigenvalue weighted by molar-refractivity contribution is 0.254. The van der Waals surface area contributed by atoms with Crippen molar-refractivity contribution in [2.24, 2.45) is 0 Å². The predicted octanol–water partition coefficient (Wildman–Crippen LogP) is 3.83. The number of nitrogens with zero attached hydrogens (tertiary/aromatic N) is 1. The largest absolute Gasteiger partial charge is 0.470 e. The summed E-state index contributed by atoms with van der Waals surface area (Å²) in [5.74, 6) is 0.612. The Hall–Kier alpha value is -1.76. The highest BCUT2D eigenvalue weighted by atomic mass is 35.5. The van der Waals surface area contributed by atoms with Gasteiger partial charge < -0.3 is 10.1 Å². The second kappa shape index (κ2) is 7.86. The molecule has 0 radical (unpaired) electrons. The molecule has 1 fully saturated rings. The molecular formula is C19H23ClN2O3S. The van der Waals surface area contributed by atoms with Gasteiger partial charge in [-0.25, -0.2) is 12.7 Å². The van der Waals surface area contributed by atoms with Crippen molar-refractivity contribution in [3.8, 4) is 5.75 Å². The molecule has 4 rings (SSSR count).